The molecule has 0 saturated carbocycles. The highest BCUT2D eigenvalue weighted by molar-refractivity contribution is 5.77. The predicted molar refractivity (Wildman–Crippen MR) is 67.1 cm³/mol. The van der Waals surface area contributed by atoms with Crippen molar-refractivity contribution in [3.8, 4) is 0 Å². The molecule has 1 atom stereocenters. The summed E-state index contributed by atoms with van der Waals surface area (Å²) < 4.78 is 0. The van der Waals surface area contributed by atoms with Gasteiger partial charge < -0.3 is 10.2 Å². The molecule has 0 aliphatic heterocycles. The highest BCUT2D eigenvalue weighted by Crippen LogP contribution is 2.28. The van der Waals surface area contributed by atoms with Crippen molar-refractivity contribution >= 4 is 5.97 Å². The zero-order valence-corrected chi connectivity index (χ0v) is 10.8. The SMILES string of the molecule is CC(O)(Cc1ccccc1C(C)(C)C)C(=O)O. The lowest BCUT2D eigenvalue weighted by Gasteiger charge is -2.26. The number of aliphatic hydroxyl groups is 1. The number of aliphatic carboxylic acids is 1. The number of carboxylic acid groups (broad SMARTS) is 1. The van der Waals surface area contributed by atoms with Gasteiger partial charge in [-0.2, -0.15) is 0 Å². The molecule has 0 heterocycles. The average molecular weight is 236 g/mol. The van der Waals surface area contributed by atoms with Gasteiger partial charge in [0.15, 0.2) is 5.60 Å². The second-order valence-electron chi connectivity index (χ2n) is 5.66. The zero-order valence-electron chi connectivity index (χ0n) is 10.8. The highest BCUT2D eigenvalue weighted by Gasteiger charge is 2.32. The summed E-state index contributed by atoms with van der Waals surface area (Å²) in [6.07, 6.45) is 0.121. The van der Waals surface area contributed by atoms with Crippen LogP contribution in [0.5, 0.6) is 0 Å². The Bertz CT molecular complexity index is 414. The van der Waals surface area contributed by atoms with E-state index in [1.54, 1.807) is 0 Å². The second-order valence-corrected chi connectivity index (χ2v) is 5.66. The van der Waals surface area contributed by atoms with Gasteiger partial charge in [0.2, 0.25) is 0 Å². The molecule has 1 aromatic carbocycles. The van der Waals surface area contributed by atoms with Crippen molar-refractivity contribution in [3.05, 3.63) is 35.4 Å². The van der Waals surface area contributed by atoms with E-state index in [1.165, 1.54) is 6.92 Å². The summed E-state index contributed by atoms with van der Waals surface area (Å²) in [4.78, 5) is 10.9. The molecule has 1 unspecified atom stereocenters. The first kappa shape index (κ1) is 13.7. The van der Waals surface area contributed by atoms with Crippen LogP contribution in [-0.2, 0) is 16.6 Å². The topological polar surface area (TPSA) is 57.5 Å². The van der Waals surface area contributed by atoms with Crippen LogP contribution < -0.4 is 0 Å². The Morgan fingerprint density at radius 2 is 1.71 bits per heavy atom. The van der Waals surface area contributed by atoms with Crippen molar-refractivity contribution in [2.45, 2.75) is 45.1 Å². The van der Waals surface area contributed by atoms with E-state index in [-0.39, 0.29) is 11.8 Å². The lowest BCUT2D eigenvalue weighted by molar-refractivity contribution is -0.156. The molecule has 3 heteroatoms. The summed E-state index contributed by atoms with van der Waals surface area (Å²) in [6.45, 7) is 7.54. The summed E-state index contributed by atoms with van der Waals surface area (Å²) >= 11 is 0. The molecular formula is C14H20O3. The maximum atomic E-state index is 10.9. The molecule has 0 spiro atoms. The van der Waals surface area contributed by atoms with Crippen molar-refractivity contribution < 1.29 is 15.0 Å². The molecule has 1 aromatic rings. The second kappa shape index (κ2) is 4.49. The van der Waals surface area contributed by atoms with Gasteiger partial charge in [-0.1, -0.05) is 45.0 Å². The zero-order chi connectivity index (χ0) is 13.3. The first-order valence-corrected chi connectivity index (χ1v) is 5.69. The lowest BCUT2D eigenvalue weighted by Crippen LogP contribution is -2.37. The standard InChI is InChI=1S/C14H20O3/c1-13(2,3)11-8-6-5-7-10(11)9-14(4,17)12(15)16/h5-8,17H,9H2,1-4H3,(H,15,16). The van der Waals surface area contributed by atoms with E-state index < -0.39 is 11.6 Å². The van der Waals surface area contributed by atoms with Crippen LogP contribution in [0.2, 0.25) is 0 Å². The van der Waals surface area contributed by atoms with Crippen molar-refractivity contribution in [3.63, 3.8) is 0 Å². The third kappa shape index (κ3) is 3.30. The smallest absolute Gasteiger partial charge is 0.335 e. The van der Waals surface area contributed by atoms with Gasteiger partial charge in [-0.05, 0) is 23.5 Å². The lowest BCUT2D eigenvalue weighted by atomic mass is 9.81. The summed E-state index contributed by atoms with van der Waals surface area (Å²) in [6, 6.07) is 7.65. The molecular weight excluding hydrogens is 216 g/mol. The predicted octanol–water partition coefficient (Wildman–Crippen LogP) is 2.36. The Balaban J connectivity index is 3.12. The minimum absolute atomic E-state index is 0.0643. The molecule has 0 amide bonds. The van der Waals surface area contributed by atoms with Crippen molar-refractivity contribution in [2.24, 2.45) is 0 Å². The largest absolute Gasteiger partial charge is 0.479 e. The van der Waals surface area contributed by atoms with E-state index in [4.69, 9.17) is 5.11 Å². The third-order valence-electron chi connectivity index (χ3n) is 2.82. The van der Waals surface area contributed by atoms with E-state index in [1.807, 2.05) is 24.3 Å². The first-order valence-electron chi connectivity index (χ1n) is 5.69. The molecule has 0 aliphatic rings. The summed E-state index contributed by atoms with van der Waals surface area (Å²) in [5.41, 5.74) is 0.168. The molecule has 0 bridgehead atoms. The maximum absolute atomic E-state index is 10.9. The minimum Gasteiger partial charge on any atom is -0.479 e. The van der Waals surface area contributed by atoms with Crippen molar-refractivity contribution in [2.75, 3.05) is 0 Å². The van der Waals surface area contributed by atoms with Crippen LogP contribution in [0.1, 0.15) is 38.8 Å². The molecule has 0 radical (unpaired) electrons. The van der Waals surface area contributed by atoms with Crippen LogP contribution in [0.3, 0.4) is 0 Å². The van der Waals surface area contributed by atoms with Crippen LogP contribution in [0, 0.1) is 0 Å². The van der Waals surface area contributed by atoms with E-state index in [0.717, 1.165) is 11.1 Å². The third-order valence-corrected chi connectivity index (χ3v) is 2.82. The molecule has 0 aliphatic carbocycles. The number of hydrogen-bond acceptors (Lipinski definition) is 2. The first-order chi connectivity index (χ1) is 7.64. The number of carboxylic acids is 1. The molecule has 94 valence electrons. The van der Waals surface area contributed by atoms with Crippen molar-refractivity contribution in [1.29, 1.82) is 0 Å². The number of benzene rings is 1. The monoisotopic (exact) mass is 236 g/mol. The number of carbonyl (C=O) groups is 1. The van der Waals surface area contributed by atoms with Gasteiger partial charge in [-0.3, -0.25) is 0 Å². The number of hydrogen-bond donors (Lipinski definition) is 2. The van der Waals surface area contributed by atoms with Crippen LogP contribution in [0.25, 0.3) is 0 Å². The van der Waals surface area contributed by atoms with Gasteiger partial charge >= 0.3 is 5.97 Å². The fourth-order valence-corrected chi connectivity index (χ4v) is 1.85. The Labute approximate surface area is 102 Å². The molecule has 0 aromatic heterocycles. The molecule has 0 saturated heterocycles. The van der Waals surface area contributed by atoms with Crippen molar-refractivity contribution in [1.82, 2.24) is 0 Å². The van der Waals surface area contributed by atoms with E-state index >= 15 is 0 Å². The van der Waals surface area contributed by atoms with Crippen LogP contribution in [0.4, 0.5) is 0 Å². The van der Waals surface area contributed by atoms with Crippen LogP contribution in [0.15, 0.2) is 24.3 Å². The normalized spacial score (nSPS) is 15.4. The molecule has 0 fully saturated rings. The van der Waals surface area contributed by atoms with Gasteiger partial charge in [-0.25, -0.2) is 4.79 Å². The van der Waals surface area contributed by atoms with Crippen LogP contribution in [-0.4, -0.2) is 21.8 Å². The van der Waals surface area contributed by atoms with Gasteiger partial charge in [0.05, 0.1) is 0 Å². The summed E-state index contributed by atoms with van der Waals surface area (Å²) in [7, 11) is 0. The molecule has 3 nitrogen and oxygen atoms in total. The minimum atomic E-state index is -1.72. The Kier molecular flexibility index (Phi) is 3.62. The van der Waals surface area contributed by atoms with E-state index in [9.17, 15) is 9.90 Å². The molecule has 1 rings (SSSR count). The quantitative estimate of drug-likeness (QED) is 0.847. The fourth-order valence-electron chi connectivity index (χ4n) is 1.85. The summed E-state index contributed by atoms with van der Waals surface area (Å²) in [5.74, 6) is -1.19. The molecule has 17 heavy (non-hydrogen) atoms. The Morgan fingerprint density at radius 3 is 2.18 bits per heavy atom. The van der Waals surface area contributed by atoms with Gasteiger partial charge in [0.25, 0.3) is 0 Å². The maximum Gasteiger partial charge on any atom is 0.335 e. The summed E-state index contributed by atoms with van der Waals surface area (Å²) in [5, 5.41) is 18.8. The van der Waals surface area contributed by atoms with E-state index in [2.05, 4.69) is 20.8 Å². The van der Waals surface area contributed by atoms with E-state index in [0.29, 0.717) is 0 Å². The molecule has 2 N–H and O–H groups in total. The van der Waals surface area contributed by atoms with Crippen LogP contribution >= 0.6 is 0 Å². The van der Waals surface area contributed by atoms with Gasteiger partial charge in [0, 0.05) is 6.42 Å². The Hall–Kier alpha value is -1.35. The average Bonchev–Trinajstić information content (AvgIpc) is 2.15. The van der Waals surface area contributed by atoms with Gasteiger partial charge in [0.1, 0.15) is 0 Å². The number of rotatable bonds is 3. The highest BCUT2D eigenvalue weighted by atomic mass is 16.4. The van der Waals surface area contributed by atoms with Gasteiger partial charge in [-0.15, -0.1) is 0 Å². The Morgan fingerprint density at radius 1 is 1.18 bits per heavy atom. The fraction of sp³-hybridized carbons (Fsp3) is 0.500.